The molecule has 0 aromatic carbocycles. The molecule has 2 aromatic rings. The number of amides is 1. The van der Waals surface area contributed by atoms with Gasteiger partial charge in [0.1, 0.15) is 5.56 Å². The third kappa shape index (κ3) is 2.86. The number of piperidine rings is 1. The number of likely N-dealkylation sites (tertiary alicyclic amines) is 1. The molecule has 1 aliphatic carbocycles. The van der Waals surface area contributed by atoms with Crippen molar-refractivity contribution in [2.45, 2.75) is 45.1 Å². The van der Waals surface area contributed by atoms with Crippen LogP contribution in [-0.4, -0.2) is 44.8 Å². The molecule has 132 valence electrons. The van der Waals surface area contributed by atoms with Crippen molar-refractivity contribution in [1.29, 1.82) is 0 Å². The summed E-state index contributed by atoms with van der Waals surface area (Å²) in [5.74, 6) is -0.802. The van der Waals surface area contributed by atoms with Crippen LogP contribution in [0.25, 0.3) is 0 Å². The molecule has 1 aliphatic heterocycles. The van der Waals surface area contributed by atoms with Gasteiger partial charge in [-0.15, -0.1) is 11.3 Å². The van der Waals surface area contributed by atoms with E-state index in [1.165, 1.54) is 23.1 Å². The molecule has 4 rings (SSSR count). The molecule has 0 unspecified atom stereocenters. The minimum Gasteiger partial charge on any atom is -0.478 e. The Morgan fingerprint density at radius 1 is 1.28 bits per heavy atom. The second-order valence-electron chi connectivity index (χ2n) is 6.83. The van der Waals surface area contributed by atoms with Crippen molar-refractivity contribution in [2.75, 3.05) is 13.1 Å². The van der Waals surface area contributed by atoms with E-state index in [4.69, 9.17) is 5.11 Å². The number of carboxylic acids is 1. The van der Waals surface area contributed by atoms with Crippen molar-refractivity contribution in [3.63, 3.8) is 0 Å². The van der Waals surface area contributed by atoms with E-state index >= 15 is 0 Å². The highest BCUT2D eigenvalue weighted by molar-refractivity contribution is 7.14. The predicted molar refractivity (Wildman–Crippen MR) is 94.4 cm³/mol. The minimum absolute atomic E-state index is 0.140. The lowest BCUT2D eigenvalue weighted by Crippen LogP contribution is -2.39. The number of hydrogen-bond donors (Lipinski definition) is 1. The number of carboxylic acid groups (broad SMARTS) is 1. The maximum absolute atomic E-state index is 12.7. The van der Waals surface area contributed by atoms with E-state index in [2.05, 4.69) is 11.2 Å². The van der Waals surface area contributed by atoms with Crippen LogP contribution in [0.1, 0.15) is 61.5 Å². The van der Waals surface area contributed by atoms with Crippen molar-refractivity contribution >= 4 is 23.2 Å². The zero-order valence-electron chi connectivity index (χ0n) is 14.2. The molecular formula is C18H21N3O3S. The Labute approximate surface area is 150 Å². The van der Waals surface area contributed by atoms with Gasteiger partial charge in [-0.25, -0.2) is 4.79 Å². The highest BCUT2D eigenvalue weighted by atomic mass is 32.1. The van der Waals surface area contributed by atoms with E-state index in [-0.39, 0.29) is 17.5 Å². The summed E-state index contributed by atoms with van der Waals surface area (Å²) in [5, 5.41) is 13.4. The average Bonchev–Trinajstić information content (AvgIpc) is 3.28. The number of rotatable bonds is 3. The van der Waals surface area contributed by atoms with E-state index in [0.717, 1.165) is 30.6 Å². The number of carbonyl (C=O) groups excluding carboxylic acids is 1. The van der Waals surface area contributed by atoms with Gasteiger partial charge < -0.3 is 10.0 Å². The SMILES string of the molecule is Cc1c(C(=O)O)cnn1C1CCN(C(=O)c2cc3c(s2)CCC3)CC1. The normalized spacial score (nSPS) is 17.7. The molecule has 6 nitrogen and oxygen atoms in total. The number of aromatic carboxylic acids is 1. The molecule has 1 fully saturated rings. The van der Waals surface area contributed by atoms with E-state index < -0.39 is 5.97 Å². The fourth-order valence-corrected chi connectivity index (χ4v) is 5.13. The molecule has 0 saturated carbocycles. The predicted octanol–water partition coefficient (Wildman–Crippen LogP) is 2.92. The Kier molecular flexibility index (Phi) is 4.11. The lowest BCUT2D eigenvalue weighted by Gasteiger charge is -2.32. The number of hydrogen-bond acceptors (Lipinski definition) is 4. The number of thiophene rings is 1. The second kappa shape index (κ2) is 6.29. The van der Waals surface area contributed by atoms with Gasteiger partial charge in [-0.1, -0.05) is 0 Å². The molecule has 0 spiro atoms. The Hall–Kier alpha value is -2.15. The highest BCUT2D eigenvalue weighted by Gasteiger charge is 2.28. The molecular weight excluding hydrogens is 338 g/mol. The topological polar surface area (TPSA) is 75.4 Å². The number of aryl methyl sites for hydroxylation is 2. The van der Waals surface area contributed by atoms with Gasteiger partial charge in [0.15, 0.2) is 0 Å². The van der Waals surface area contributed by atoms with Gasteiger partial charge in [0.25, 0.3) is 5.91 Å². The maximum Gasteiger partial charge on any atom is 0.339 e. The molecule has 1 N–H and O–H groups in total. The fourth-order valence-electron chi connectivity index (χ4n) is 3.91. The molecule has 0 atom stereocenters. The summed E-state index contributed by atoms with van der Waals surface area (Å²) in [4.78, 5) is 28.1. The van der Waals surface area contributed by atoms with Gasteiger partial charge in [-0.3, -0.25) is 9.48 Å². The maximum atomic E-state index is 12.7. The van der Waals surface area contributed by atoms with Crippen molar-refractivity contribution in [3.05, 3.63) is 38.8 Å². The lowest BCUT2D eigenvalue weighted by molar-refractivity contribution is 0.0691. The van der Waals surface area contributed by atoms with Crippen molar-refractivity contribution in [1.82, 2.24) is 14.7 Å². The van der Waals surface area contributed by atoms with Crippen LogP contribution in [0.2, 0.25) is 0 Å². The summed E-state index contributed by atoms with van der Waals surface area (Å²) < 4.78 is 1.81. The first-order valence-electron chi connectivity index (χ1n) is 8.73. The minimum atomic E-state index is -0.942. The summed E-state index contributed by atoms with van der Waals surface area (Å²) >= 11 is 1.66. The molecule has 0 bridgehead atoms. The van der Waals surface area contributed by atoms with E-state index in [1.807, 2.05) is 9.58 Å². The van der Waals surface area contributed by atoms with Crippen LogP contribution in [0.3, 0.4) is 0 Å². The quantitative estimate of drug-likeness (QED) is 0.914. The Bertz CT molecular complexity index is 809. The van der Waals surface area contributed by atoms with Gasteiger partial charge in [-0.05, 0) is 50.7 Å². The van der Waals surface area contributed by atoms with Crippen LogP contribution in [0, 0.1) is 6.92 Å². The van der Waals surface area contributed by atoms with Crippen molar-refractivity contribution in [3.8, 4) is 0 Å². The first kappa shape index (κ1) is 16.3. The van der Waals surface area contributed by atoms with Crippen LogP contribution >= 0.6 is 11.3 Å². The summed E-state index contributed by atoms with van der Waals surface area (Å²) in [6.45, 7) is 3.17. The van der Waals surface area contributed by atoms with E-state index in [9.17, 15) is 9.59 Å². The number of aromatic nitrogens is 2. The van der Waals surface area contributed by atoms with Gasteiger partial charge in [0.2, 0.25) is 0 Å². The van der Waals surface area contributed by atoms with Crippen LogP contribution in [0.5, 0.6) is 0 Å². The van der Waals surface area contributed by atoms with Crippen molar-refractivity contribution < 1.29 is 14.7 Å². The first-order chi connectivity index (χ1) is 12.0. The van der Waals surface area contributed by atoms with Crippen LogP contribution in [0.4, 0.5) is 0 Å². The number of nitrogens with zero attached hydrogens (tertiary/aromatic N) is 3. The third-order valence-electron chi connectivity index (χ3n) is 5.33. The third-order valence-corrected chi connectivity index (χ3v) is 6.56. The lowest BCUT2D eigenvalue weighted by atomic mass is 10.0. The molecule has 2 aliphatic rings. The Morgan fingerprint density at radius 3 is 2.68 bits per heavy atom. The smallest absolute Gasteiger partial charge is 0.339 e. The number of fused-ring (bicyclic) bond motifs is 1. The number of carbonyl (C=O) groups is 2. The summed E-state index contributed by atoms with van der Waals surface area (Å²) in [6.07, 6.45) is 6.45. The standard InChI is InChI=1S/C18H21N3O3S/c1-11-14(18(23)24)10-19-21(11)13-5-7-20(8-6-13)17(22)16-9-12-3-2-4-15(12)25-16/h9-10,13H,2-8H2,1H3,(H,23,24). The van der Waals surface area contributed by atoms with Crippen molar-refractivity contribution in [2.24, 2.45) is 0 Å². The van der Waals surface area contributed by atoms with Gasteiger partial charge >= 0.3 is 5.97 Å². The van der Waals surface area contributed by atoms with Crippen LogP contribution in [0.15, 0.2) is 12.3 Å². The van der Waals surface area contributed by atoms with E-state index in [0.29, 0.717) is 18.8 Å². The van der Waals surface area contributed by atoms with Crippen LogP contribution in [-0.2, 0) is 12.8 Å². The molecule has 0 radical (unpaired) electrons. The zero-order chi connectivity index (χ0) is 17.6. The Balaban J connectivity index is 1.42. The van der Waals surface area contributed by atoms with E-state index in [1.54, 1.807) is 18.3 Å². The molecule has 2 aromatic heterocycles. The summed E-state index contributed by atoms with van der Waals surface area (Å²) in [6, 6.07) is 2.24. The van der Waals surface area contributed by atoms with Gasteiger partial charge in [0.05, 0.1) is 22.8 Å². The Morgan fingerprint density at radius 2 is 2.04 bits per heavy atom. The highest BCUT2D eigenvalue weighted by Crippen LogP contribution is 2.32. The fraction of sp³-hybridized carbons (Fsp3) is 0.500. The molecule has 1 saturated heterocycles. The second-order valence-corrected chi connectivity index (χ2v) is 7.97. The molecule has 1 amide bonds. The average molecular weight is 359 g/mol. The molecule has 7 heteroatoms. The summed E-state index contributed by atoms with van der Waals surface area (Å²) in [7, 11) is 0. The monoisotopic (exact) mass is 359 g/mol. The molecule has 25 heavy (non-hydrogen) atoms. The van der Waals surface area contributed by atoms with Gasteiger partial charge in [0, 0.05) is 18.0 Å². The zero-order valence-corrected chi connectivity index (χ0v) is 15.0. The largest absolute Gasteiger partial charge is 0.478 e. The molecule has 3 heterocycles. The van der Waals surface area contributed by atoms with Gasteiger partial charge in [-0.2, -0.15) is 5.10 Å². The van der Waals surface area contributed by atoms with Crippen LogP contribution < -0.4 is 0 Å². The summed E-state index contributed by atoms with van der Waals surface area (Å²) in [5.41, 5.74) is 2.30. The first-order valence-corrected chi connectivity index (χ1v) is 9.54.